The largest absolute Gasteiger partial charge is 0.464 e. The maximum atomic E-state index is 11.5. The molecule has 0 aliphatic carbocycles. The highest BCUT2D eigenvalue weighted by Gasteiger charge is 2.15. The number of aromatic nitrogens is 3. The Bertz CT molecular complexity index is 520. The first-order valence-electron chi connectivity index (χ1n) is 5.33. The van der Waals surface area contributed by atoms with Crippen molar-refractivity contribution in [1.82, 2.24) is 14.8 Å². The molecule has 0 aromatic carbocycles. The molecule has 0 aliphatic heterocycles. The van der Waals surface area contributed by atoms with Gasteiger partial charge in [-0.3, -0.25) is 9.67 Å². The van der Waals surface area contributed by atoms with Crippen LogP contribution in [0.15, 0.2) is 30.5 Å². The second-order valence-electron chi connectivity index (χ2n) is 3.44. The smallest absolute Gasteiger partial charge is 0.356 e. The number of carbonyl (C=O) groups excluding carboxylic acids is 1. The van der Waals surface area contributed by atoms with Crippen LogP contribution >= 0.6 is 0 Å². The minimum atomic E-state index is -0.387. The van der Waals surface area contributed by atoms with Crippen LogP contribution in [-0.4, -0.2) is 27.8 Å². The van der Waals surface area contributed by atoms with Crippen LogP contribution < -0.4 is 0 Å². The van der Waals surface area contributed by atoms with Gasteiger partial charge < -0.3 is 4.74 Å². The fraction of sp³-hybridized carbons (Fsp3) is 0.250. The van der Waals surface area contributed by atoms with Crippen molar-refractivity contribution in [3.63, 3.8) is 0 Å². The highest BCUT2D eigenvalue weighted by atomic mass is 16.5. The van der Waals surface area contributed by atoms with Crippen molar-refractivity contribution in [2.75, 3.05) is 7.11 Å². The van der Waals surface area contributed by atoms with Gasteiger partial charge in [-0.15, -0.1) is 0 Å². The van der Waals surface area contributed by atoms with Crippen LogP contribution in [0.2, 0.25) is 0 Å². The first kappa shape index (κ1) is 11.3. The number of ether oxygens (including phenoxy) is 1. The molecule has 0 saturated carbocycles. The molecule has 0 N–H and O–H groups in total. The highest BCUT2D eigenvalue weighted by Crippen LogP contribution is 2.16. The quantitative estimate of drug-likeness (QED) is 0.755. The van der Waals surface area contributed by atoms with Gasteiger partial charge in [0.25, 0.3) is 0 Å². The predicted molar refractivity (Wildman–Crippen MR) is 62.5 cm³/mol. The Morgan fingerprint density at radius 1 is 1.41 bits per heavy atom. The molecule has 0 bridgehead atoms. The lowest BCUT2D eigenvalue weighted by atomic mass is 10.2. The lowest BCUT2D eigenvalue weighted by Gasteiger charge is -2.00. The molecule has 0 spiro atoms. The Balaban J connectivity index is 2.45. The summed E-state index contributed by atoms with van der Waals surface area (Å²) in [5, 5.41) is 4.32. The zero-order valence-electron chi connectivity index (χ0n) is 9.75. The van der Waals surface area contributed by atoms with Gasteiger partial charge in [0.05, 0.1) is 12.8 Å². The third-order valence-electron chi connectivity index (χ3n) is 2.40. The third kappa shape index (κ3) is 2.18. The standard InChI is InChI=1S/C12H13N3O2/c1-3-15-11(12(16)17-2)8-10(14-15)9-6-4-5-7-13-9/h4-8H,3H2,1-2H3. The fourth-order valence-corrected chi connectivity index (χ4v) is 1.57. The van der Waals surface area contributed by atoms with Gasteiger partial charge in [-0.1, -0.05) is 6.07 Å². The minimum absolute atomic E-state index is 0.387. The van der Waals surface area contributed by atoms with E-state index in [0.29, 0.717) is 17.9 Å². The Kier molecular flexibility index (Phi) is 3.18. The van der Waals surface area contributed by atoms with Crippen LogP contribution in [-0.2, 0) is 11.3 Å². The Labute approximate surface area is 99.1 Å². The van der Waals surface area contributed by atoms with Gasteiger partial charge in [-0.25, -0.2) is 4.79 Å². The Morgan fingerprint density at radius 2 is 2.24 bits per heavy atom. The van der Waals surface area contributed by atoms with E-state index in [2.05, 4.69) is 10.1 Å². The number of aryl methyl sites for hydroxylation is 1. The molecule has 0 atom stereocenters. The molecule has 88 valence electrons. The van der Waals surface area contributed by atoms with Crippen LogP contribution in [0.3, 0.4) is 0 Å². The minimum Gasteiger partial charge on any atom is -0.464 e. The number of methoxy groups -OCH3 is 1. The van der Waals surface area contributed by atoms with Crippen LogP contribution in [0.25, 0.3) is 11.4 Å². The Hall–Kier alpha value is -2.17. The molecule has 5 nitrogen and oxygen atoms in total. The molecule has 2 aromatic rings. The number of esters is 1. The van der Waals surface area contributed by atoms with Gasteiger partial charge in [0.1, 0.15) is 11.4 Å². The second-order valence-corrected chi connectivity index (χ2v) is 3.44. The van der Waals surface area contributed by atoms with E-state index in [-0.39, 0.29) is 5.97 Å². The summed E-state index contributed by atoms with van der Waals surface area (Å²) in [5.41, 5.74) is 1.85. The molecule has 0 unspecified atom stereocenters. The SMILES string of the molecule is CCn1nc(-c2ccccn2)cc1C(=O)OC. The average Bonchev–Trinajstić information content (AvgIpc) is 2.83. The Morgan fingerprint density at radius 3 is 2.82 bits per heavy atom. The van der Waals surface area contributed by atoms with Gasteiger partial charge in [-0.2, -0.15) is 5.10 Å². The monoisotopic (exact) mass is 231 g/mol. The summed E-state index contributed by atoms with van der Waals surface area (Å²) in [5.74, 6) is -0.387. The molecule has 17 heavy (non-hydrogen) atoms. The summed E-state index contributed by atoms with van der Waals surface area (Å²) in [6.45, 7) is 2.53. The van der Waals surface area contributed by atoms with E-state index >= 15 is 0 Å². The molecule has 2 heterocycles. The van der Waals surface area contributed by atoms with Crippen LogP contribution in [0, 0.1) is 0 Å². The van der Waals surface area contributed by atoms with Crippen molar-refractivity contribution in [3.8, 4) is 11.4 Å². The normalized spacial score (nSPS) is 10.2. The summed E-state index contributed by atoms with van der Waals surface area (Å²) in [4.78, 5) is 15.7. The van der Waals surface area contributed by atoms with E-state index < -0.39 is 0 Å². The fourth-order valence-electron chi connectivity index (χ4n) is 1.57. The molecule has 2 aromatic heterocycles. The number of carbonyl (C=O) groups is 1. The maximum absolute atomic E-state index is 11.5. The van der Waals surface area contributed by atoms with Crippen LogP contribution in [0.1, 0.15) is 17.4 Å². The lowest BCUT2D eigenvalue weighted by Crippen LogP contribution is -2.10. The van der Waals surface area contributed by atoms with E-state index in [1.807, 2.05) is 25.1 Å². The topological polar surface area (TPSA) is 57.0 Å². The maximum Gasteiger partial charge on any atom is 0.356 e. The van der Waals surface area contributed by atoms with E-state index in [0.717, 1.165) is 5.69 Å². The number of nitrogens with zero attached hydrogens (tertiary/aromatic N) is 3. The number of rotatable bonds is 3. The molecule has 5 heteroatoms. The van der Waals surface area contributed by atoms with Crippen molar-refractivity contribution < 1.29 is 9.53 Å². The van der Waals surface area contributed by atoms with Gasteiger partial charge >= 0.3 is 5.97 Å². The second kappa shape index (κ2) is 4.78. The molecule has 2 rings (SSSR count). The van der Waals surface area contributed by atoms with Crippen molar-refractivity contribution >= 4 is 5.97 Å². The van der Waals surface area contributed by atoms with E-state index in [1.54, 1.807) is 16.9 Å². The summed E-state index contributed by atoms with van der Waals surface area (Å²) >= 11 is 0. The predicted octanol–water partition coefficient (Wildman–Crippen LogP) is 1.75. The molecular formula is C12H13N3O2. The average molecular weight is 231 g/mol. The van der Waals surface area contributed by atoms with E-state index in [9.17, 15) is 4.79 Å². The van der Waals surface area contributed by atoms with Gasteiger partial charge in [-0.05, 0) is 19.1 Å². The zero-order valence-corrected chi connectivity index (χ0v) is 9.75. The summed E-state index contributed by atoms with van der Waals surface area (Å²) in [7, 11) is 1.36. The van der Waals surface area contributed by atoms with E-state index in [4.69, 9.17) is 4.74 Å². The number of hydrogen-bond acceptors (Lipinski definition) is 4. The van der Waals surface area contributed by atoms with Crippen molar-refractivity contribution in [2.45, 2.75) is 13.5 Å². The molecule has 0 saturated heterocycles. The lowest BCUT2D eigenvalue weighted by molar-refractivity contribution is 0.0587. The highest BCUT2D eigenvalue weighted by molar-refractivity contribution is 5.88. The van der Waals surface area contributed by atoms with Gasteiger partial charge in [0.15, 0.2) is 0 Å². The van der Waals surface area contributed by atoms with Crippen molar-refractivity contribution in [2.24, 2.45) is 0 Å². The van der Waals surface area contributed by atoms with Crippen molar-refractivity contribution in [1.29, 1.82) is 0 Å². The third-order valence-corrected chi connectivity index (χ3v) is 2.40. The molecule has 0 fully saturated rings. The molecular weight excluding hydrogens is 218 g/mol. The van der Waals surface area contributed by atoms with Crippen LogP contribution in [0.4, 0.5) is 0 Å². The van der Waals surface area contributed by atoms with Crippen LogP contribution in [0.5, 0.6) is 0 Å². The first-order chi connectivity index (χ1) is 8.26. The molecule has 0 radical (unpaired) electrons. The molecule has 0 amide bonds. The first-order valence-corrected chi connectivity index (χ1v) is 5.33. The number of hydrogen-bond donors (Lipinski definition) is 0. The van der Waals surface area contributed by atoms with E-state index in [1.165, 1.54) is 7.11 Å². The van der Waals surface area contributed by atoms with Crippen molar-refractivity contribution in [3.05, 3.63) is 36.2 Å². The molecule has 0 aliphatic rings. The summed E-state index contributed by atoms with van der Waals surface area (Å²) in [6.07, 6.45) is 1.69. The van der Waals surface area contributed by atoms with Gasteiger partial charge in [0, 0.05) is 18.8 Å². The summed E-state index contributed by atoms with van der Waals surface area (Å²) in [6, 6.07) is 7.26. The zero-order chi connectivity index (χ0) is 12.3. The number of pyridine rings is 1. The summed E-state index contributed by atoms with van der Waals surface area (Å²) < 4.78 is 6.31. The van der Waals surface area contributed by atoms with Gasteiger partial charge in [0.2, 0.25) is 0 Å².